The van der Waals surface area contributed by atoms with Crippen LogP contribution in [0.2, 0.25) is 0 Å². The van der Waals surface area contributed by atoms with Crippen molar-refractivity contribution in [3.63, 3.8) is 0 Å². The molecule has 0 amide bonds. The molecule has 4 heteroatoms. The minimum absolute atomic E-state index is 0.167. The van der Waals surface area contributed by atoms with Crippen molar-refractivity contribution in [3.8, 4) is 0 Å². The topological polar surface area (TPSA) is 24.8 Å². The Labute approximate surface area is 53.7 Å². The predicted molar refractivity (Wildman–Crippen MR) is 34.7 cm³/mol. The molecule has 0 radical (unpaired) electrons. The van der Waals surface area contributed by atoms with Crippen LogP contribution in [-0.4, -0.2) is 23.5 Å². The molecule has 1 unspecified atom stereocenters. The van der Waals surface area contributed by atoms with Gasteiger partial charge in [0.2, 0.25) is 5.56 Å². The van der Waals surface area contributed by atoms with Gasteiger partial charge >= 0.3 is 0 Å². The average Bonchev–Trinajstić information content (AvgIpc) is 2.14. The molecule has 0 N–H and O–H groups in total. The summed E-state index contributed by atoms with van der Waals surface area (Å²) in [7, 11) is 0. The third kappa shape index (κ3) is 0.888. The first-order chi connectivity index (χ1) is 3.84. The second-order valence-corrected chi connectivity index (χ2v) is 1.88. The zero-order valence-corrected chi connectivity index (χ0v) is 5.51. The van der Waals surface area contributed by atoms with E-state index in [0.29, 0.717) is 0 Å². The lowest BCUT2D eigenvalue weighted by Gasteiger charge is -2.13. The Kier molecular flexibility index (Phi) is 1.62. The maximum absolute atomic E-state index is 4.85. The highest BCUT2D eigenvalue weighted by Gasteiger charge is 2.13. The maximum atomic E-state index is 4.85. The zero-order valence-electron chi connectivity index (χ0n) is 4.61. The second kappa shape index (κ2) is 2.26. The normalized spacial score (nSPS) is 26.2. The molecule has 1 atom stereocenters. The van der Waals surface area contributed by atoms with Crippen LogP contribution in [0.25, 0.3) is 0 Å². The second-order valence-electron chi connectivity index (χ2n) is 1.44. The van der Waals surface area contributed by atoms with Crippen molar-refractivity contribution in [2.75, 3.05) is 6.54 Å². The molecule has 46 valence electrons. The summed E-state index contributed by atoms with van der Waals surface area (Å²) in [5, 5.41) is 5.58. The van der Waals surface area contributed by atoms with Crippen LogP contribution in [0, 0.1) is 0 Å². The van der Waals surface area contributed by atoms with E-state index in [1.807, 2.05) is 6.92 Å². The van der Waals surface area contributed by atoms with Gasteiger partial charge in [0.15, 0.2) is 6.40 Å². The SMILES string of the molecule is CCN1N=COC1S. The minimum atomic E-state index is -0.167. The molecule has 8 heavy (non-hydrogen) atoms. The van der Waals surface area contributed by atoms with E-state index >= 15 is 0 Å². The fourth-order valence-electron chi connectivity index (χ4n) is 0.507. The zero-order chi connectivity index (χ0) is 5.98. The number of thiol groups is 1. The Balaban J connectivity index is 2.41. The molecule has 0 fully saturated rings. The molecule has 1 rings (SSSR count). The molecule has 1 aliphatic rings. The molecule has 0 bridgehead atoms. The first-order valence-corrected chi connectivity index (χ1v) is 2.99. The summed E-state index contributed by atoms with van der Waals surface area (Å²) in [4.78, 5) is 0. The van der Waals surface area contributed by atoms with E-state index in [4.69, 9.17) is 4.74 Å². The molecular formula is C4H8N2OS. The molecule has 3 nitrogen and oxygen atoms in total. The highest BCUT2D eigenvalue weighted by atomic mass is 32.1. The van der Waals surface area contributed by atoms with Crippen molar-refractivity contribution in [1.29, 1.82) is 0 Å². The van der Waals surface area contributed by atoms with Crippen LogP contribution < -0.4 is 0 Å². The lowest BCUT2D eigenvalue weighted by molar-refractivity contribution is 0.146. The van der Waals surface area contributed by atoms with Crippen LogP contribution in [0.4, 0.5) is 0 Å². The molecule has 1 heterocycles. The first-order valence-electron chi connectivity index (χ1n) is 2.47. The van der Waals surface area contributed by atoms with Gasteiger partial charge in [-0.25, -0.2) is 5.01 Å². The van der Waals surface area contributed by atoms with Gasteiger partial charge in [0.05, 0.1) is 0 Å². The Hall–Kier alpha value is -0.380. The van der Waals surface area contributed by atoms with E-state index < -0.39 is 0 Å². The van der Waals surface area contributed by atoms with Crippen LogP contribution >= 0.6 is 12.6 Å². The van der Waals surface area contributed by atoms with Crippen LogP contribution in [0.15, 0.2) is 5.10 Å². The Bertz CT molecular complexity index is 106. The summed E-state index contributed by atoms with van der Waals surface area (Å²) in [6.07, 6.45) is 1.40. The summed E-state index contributed by atoms with van der Waals surface area (Å²) >= 11 is 4.05. The highest BCUT2D eigenvalue weighted by molar-refractivity contribution is 7.80. The van der Waals surface area contributed by atoms with Crippen molar-refractivity contribution >= 4 is 19.0 Å². The van der Waals surface area contributed by atoms with E-state index in [0.717, 1.165) is 6.54 Å². The largest absolute Gasteiger partial charge is 0.448 e. The molecule has 1 aliphatic heterocycles. The predicted octanol–water partition coefficient (Wildman–Crippen LogP) is 0.495. The highest BCUT2D eigenvalue weighted by Crippen LogP contribution is 2.09. The summed E-state index contributed by atoms with van der Waals surface area (Å²) < 4.78 is 4.85. The van der Waals surface area contributed by atoms with Gasteiger partial charge in [-0.05, 0) is 6.92 Å². The van der Waals surface area contributed by atoms with Gasteiger partial charge < -0.3 is 4.74 Å². The fraction of sp³-hybridized carbons (Fsp3) is 0.750. The average molecular weight is 132 g/mol. The summed E-state index contributed by atoms with van der Waals surface area (Å²) in [5.74, 6) is 0. The van der Waals surface area contributed by atoms with E-state index in [-0.39, 0.29) is 5.56 Å². The number of nitrogens with zero attached hydrogens (tertiary/aromatic N) is 2. The molecule has 0 saturated carbocycles. The third-order valence-corrected chi connectivity index (χ3v) is 1.35. The van der Waals surface area contributed by atoms with Crippen LogP contribution in [0.5, 0.6) is 0 Å². The van der Waals surface area contributed by atoms with Gasteiger partial charge in [0.1, 0.15) is 0 Å². The Morgan fingerprint density at radius 3 is 3.00 bits per heavy atom. The molecule has 0 spiro atoms. The number of ether oxygens (including phenoxy) is 1. The summed E-state index contributed by atoms with van der Waals surface area (Å²) in [5.41, 5.74) is -0.167. The first kappa shape index (κ1) is 5.75. The van der Waals surface area contributed by atoms with E-state index in [2.05, 4.69) is 17.7 Å². The maximum Gasteiger partial charge on any atom is 0.234 e. The van der Waals surface area contributed by atoms with Crippen LogP contribution in [0.3, 0.4) is 0 Å². The lowest BCUT2D eigenvalue weighted by Crippen LogP contribution is -2.21. The number of hydrazone groups is 1. The van der Waals surface area contributed by atoms with Gasteiger partial charge in [-0.2, -0.15) is 0 Å². The van der Waals surface area contributed by atoms with E-state index in [1.165, 1.54) is 6.40 Å². The van der Waals surface area contributed by atoms with Crippen molar-refractivity contribution in [2.24, 2.45) is 5.10 Å². The molecule has 0 saturated heterocycles. The van der Waals surface area contributed by atoms with Crippen molar-refractivity contribution in [2.45, 2.75) is 12.5 Å². The van der Waals surface area contributed by atoms with E-state index in [1.54, 1.807) is 5.01 Å². The van der Waals surface area contributed by atoms with Crippen molar-refractivity contribution < 1.29 is 4.74 Å². The standard InChI is InChI=1S/C4H8N2OS/c1-2-6-4(8)7-3-5-6/h3-4,8H,2H2,1H3. The van der Waals surface area contributed by atoms with Crippen molar-refractivity contribution in [1.82, 2.24) is 5.01 Å². The number of rotatable bonds is 1. The smallest absolute Gasteiger partial charge is 0.234 e. The minimum Gasteiger partial charge on any atom is -0.448 e. The van der Waals surface area contributed by atoms with E-state index in [9.17, 15) is 0 Å². The summed E-state index contributed by atoms with van der Waals surface area (Å²) in [6.45, 7) is 2.83. The fourth-order valence-corrected chi connectivity index (χ4v) is 0.785. The van der Waals surface area contributed by atoms with Gasteiger partial charge in [0.25, 0.3) is 0 Å². The monoisotopic (exact) mass is 132 g/mol. The van der Waals surface area contributed by atoms with Crippen LogP contribution in [0.1, 0.15) is 6.92 Å². The molecule has 0 aliphatic carbocycles. The summed E-state index contributed by atoms with van der Waals surface area (Å²) in [6, 6.07) is 0. The molecule has 0 aromatic rings. The molecule has 0 aromatic carbocycles. The van der Waals surface area contributed by atoms with Gasteiger partial charge in [-0.3, -0.25) is 0 Å². The Morgan fingerprint density at radius 2 is 2.75 bits per heavy atom. The quantitative estimate of drug-likeness (QED) is 0.525. The molecule has 0 aromatic heterocycles. The third-order valence-electron chi connectivity index (χ3n) is 0.957. The number of hydrogen-bond donors (Lipinski definition) is 1. The number of hydrogen-bond acceptors (Lipinski definition) is 4. The Morgan fingerprint density at radius 1 is 2.00 bits per heavy atom. The van der Waals surface area contributed by atoms with Gasteiger partial charge in [0, 0.05) is 6.54 Å². The molecular weight excluding hydrogens is 124 g/mol. The van der Waals surface area contributed by atoms with Gasteiger partial charge in [-0.15, -0.1) is 17.7 Å². The van der Waals surface area contributed by atoms with Crippen LogP contribution in [-0.2, 0) is 4.74 Å². The lowest BCUT2D eigenvalue weighted by atomic mass is 10.7. The van der Waals surface area contributed by atoms with Crippen molar-refractivity contribution in [3.05, 3.63) is 0 Å². The van der Waals surface area contributed by atoms with Gasteiger partial charge in [-0.1, -0.05) is 0 Å².